The average Bonchev–Trinajstić information content (AvgIpc) is 3.35. The number of H-pyrrole nitrogens is 1. The van der Waals surface area contributed by atoms with Gasteiger partial charge in [-0.2, -0.15) is 0 Å². The number of benzene rings is 1. The molecule has 0 spiro atoms. The second-order valence-corrected chi connectivity index (χ2v) is 10.0. The summed E-state index contributed by atoms with van der Waals surface area (Å²) in [6.07, 6.45) is 2.37. The largest absolute Gasteiger partial charge is 0.481 e. The van der Waals surface area contributed by atoms with Crippen LogP contribution in [0.15, 0.2) is 35.5 Å². The molecule has 4 unspecified atom stereocenters. The van der Waals surface area contributed by atoms with Crippen molar-refractivity contribution in [2.45, 2.75) is 69.1 Å². The normalized spacial score (nSPS) is 13.7. The van der Waals surface area contributed by atoms with Crippen LogP contribution in [-0.4, -0.2) is 88.1 Å². The van der Waals surface area contributed by atoms with E-state index in [9.17, 15) is 34.2 Å². The molecule has 0 radical (unpaired) electrons. The molecule has 14 N–H and O–H groups in total. The second kappa shape index (κ2) is 17.3. The summed E-state index contributed by atoms with van der Waals surface area (Å²) in [6, 6.07) is 2.31. The number of carboxylic acids is 2. The molecule has 43 heavy (non-hydrogen) atoms. The standard InChI is InChI=1S/C27H41N9O7/c28-10-4-3-8-19(34-23(39)17(29)12-15-14-33-18-7-2-1-6-16(15)18)24(40)36-21(13-22(37)38)25(41)35-20(26(42)43)9-5-11-32-27(30)31/h1-2,6-7,14,17,19-21,33H,3-5,8-13,28-29H2,(H,34,39)(H,35,41)(H,36,40)(H,37,38)(H,42,43)(H4,30,31,32). The number of guanidine groups is 1. The van der Waals surface area contributed by atoms with Gasteiger partial charge in [-0.15, -0.1) is 0 Å². The van der Waals surface area contributed by atoms with Crippen molar-refractivity contribution in [2.75, 3.05) is 13.1 Å². The molecule has 236 valence electrons. The summed E-state index contributed by atoms with van der Waals surface area (Å²) in [5.74, 6) is -5.42. The zero-order valence-electron chi connectivity index (χ0n) is 23.8. The highest BCUT2D eigenvalue weighted by Gasteiger charge is 2.31. The number of aliphatic carboxylic acids is 2. The molecule has 2 aromatic rings. The van der Waals surface area contributed by atoms with Gasteiger partial charge in [-0.1, -0.05) is 18.2 Å². The number of nitrogens with two attached hydrogens (primary N) is 4. The first-order valence-electron chi connectivity index (χ1n) is 13.8. The number of hydrogen-bond donors (Lipinski definition) is 10. The minimum atomic E-state index is -1.63. The number of aromatic nitrogens is 1. The van der Waals surface area contributed by atoms with Gasteiger partial charge < -0.3 is 54.1 Å². The SMILES string of the molecule is NCCCCC(NC(=O)C(N)Cc1c[nH]c2ccccc12)C(=O)NC(CC(=O)O)C(=O)NC(CCCN=C(N)N)C(=O)O. The molecule has 1 heterocycles. The third-order valence-electron chi connectivity index (χ3n) is 6.60. The number of unbranched alkanes of at least 4 members (excludes halogenated alkanes) is 1. The number of carboxylic acid groups (broad SMARTS) is 2. The number of nitrogens with one attached hydrogen (secondary N) is 4. The predicted octanol–water partition coefficient (Wildman–Crippen LogP) is -1.77. The van der Waals surface area contributed by atoms with Gasteiger partial charge in [0.05, 0.1) is 12.5 Å². The van der Waals surface area contributed by atoms with E-state index >= 15 is 0 Å². The van der Waals surface area contributed by atoms with E-state index in [4.69, 9.17) is 22.9 Å². The lowest BCUT2D eigenvalue weighted by atomic mass is 10.0. The fraction of sp³-hybridized carbons (Fsp3) is 0.481. The number of amides is 3. The number of para-hydroxylation sites is 1. The van der Waals surface area contributed by atoms with E-state index < -0.39 is 60.2 Å². The molecule has 16 nitrogen and oxygen atoms in total. The summed E-state index contributed by atoms with van der Waals surface area (Å²) in [4.78, 5) is 69.2. The van der Waals surface area contributed by atoms with Gasteiger partial charge in [0.2, 0.25) is 17.7 Å². The monoisotopic (exact) mass is 603 g/mol. The molecule has 1 aromatic carbocycles. The maximum absolute atomic E-state index is 13.2. The van der Waals surface area contributed by atoms with Gasteiger partial charge in [0, 0.05) is 23.6 Å². The maximum Gasteiger partial charge on any atom is 0.326 e. The Kier molecular flexibility index (Phi) is 13.9. The van der Waals surface area contributed by atoms with Crippen molar-refractivity contribution in [2.24, 2.45) is 27.9 Å². The zero-order valence-corrected chi connectivity index (χ0v) is 23.8. The molecule has 0 aliphatic rings. The van der Waals surface area contributed by atoms with Gasteiger partial charge in [0.25, 0.3) is 0 Å². The molecular formula is C27H41N9O7. The van der Waals surface area contributed by atoms with Gasteiger partial charge in [0.15, 0.2) is 5.96 Å². The van der Waals surface area contributed by atoms with E-state index in [1.54, 1.807) is 6.20 Å². The average molecular weight is 604 g/mol. The van der Waals surface area contributed by atoms with Crippen LogP contribution in [0.25, 0.3) is 10.9 Å². The minimum absolute atomic E-state index is 0.0579. The van der Waals surface area contributed by atoms with E-state index in [1.165, 1.54) is 0 Å². The van der Waals surface area contributed by atoms with Crippen molar-refractivity contribution in [3.63, 3.8) is 0 Å². The van der Waals surface area contributed by atoms with Crippen molar-refractivity contribution >= 4 is 46.5 Å². The van der Waals surface area contributed by atoms with Gasteiger partial charge in [-0.05, 0) is 56.7 Å². The van der Waals surface area contributed by atoms with Gasteiger partial charge in [-0.3, -0.25) is 24.2 Å². The Morgan fingerprint density at radius 3 is 2.14 bits per heavy atom. The molecule has 0 bridgehead atoms. The lowest BCUT2D eigenvalue weighted by Crippen LogP contribution is -2.57. The Labute approximate surface area is 248 Å². The molecule has 0 aliphatic carbocycles. The summed E-state index contributed by atoms with van der Waals surface area (Å²) in [6.45, 7) is 0.454. The lowest BCUT2D eigenvalue weighted by molar-refractivity contribution is -0.143. The summed E-state index contributed by atoms with van der Waals surface area (Å²) >= 11 is 0. The Morgan fingerprint density at radius 2 is 1.49 bits per heavy atom. The topological polar surface area (TPSA) is 294 Å². The first kappa shape index (κ1) is 34.5. The van der Waals surface area contributed by atoms with Crippen molar-refractivity contribution < 1.29 is 34.2 Å². The van der Waals surface area contributed by atoms with Crippen molar-refractivity contribution in [1.82, 2.24) is 20.9 Å². The molecule has 3 amide bonds. The van der Waals surface area contributed by atoms with Crippen LogP contribution in [0.2, 0.25) is 0 Å². The van der Waals surface area contributed by atoms with E-state index in [2.05, 4.69) is 25.9 Å². The number of hydrogen-bond acceptors (Lipinski definition) is 8. The number of carbonyl (C=O) groups excluding carboxylic acids is 3. The second-order valence-electron chi connectivity index (χ2n) is 10.0. The van der Waals surface area contributed by atoms with Gasteiger partial charge in [-0.25, -0.2) is 4.79 Å². The third kappa shape index (κ3) is 11.6. The number of aromatic amines is 1. The molecule has 16 heteroatoms. The highest BCUT2D eigenvalue weighted by molar-refractivity contribution is 5.95. The van der Waals surface area contributed by atoms with Crippen LogP contribution < -0.4 is 38.9 Å². The molecule has 1 aromatic heterocycles. The summed E-state index contributed by atoms with van der Waals surface area (Å²) in [5, 5.41) is 27.0. The van der Waals surface area contributed by atoms with Crippen molar-refractivity contribution in [1.29, 1.82) is 0 Å². The number of rotatable bonds is 19. The molecule has 0 saturated carbocycles. The van der Waals surface area contributed by atoms with E-state index in [-0.39, 0.29) is 38.2 Å². The van der Waals surface area contributed by atoms with E-state index in [0.717, 1.165) is 16.5 Å². The number of nitrogens with zero attached hydrogens (tertiary/aromatic N) is 1. The Bertz CT molecular complexity index is 1290. The zero-order chi connectivity index (χ0) is 31.9. The Morgan fingerprint density at radius 1 is 0.860 bits per heavy atom. The summed E-state index contributed by atoms with van der Waals surface area (Å²) < 4.78 is 0. The molecule has 2 rings (SSSR count). The van der Waals surface area contributed by atoms with Crippen LogP contribution in [0.4, 0.5) is 0 Å². The predicted molar refractivity (Wildman–Crippen MR) is 158 cm³/mol. The number of fused-ring (bicyclic) bond motifs is 1. The van der Waals surface area contributed by atoms with Gasteiger partial charge in [0.1, 0.15) is 18.1 Å². The molecule has 0 saturated heterocycles. The minimum Gasteiger partial charge on any atom is -0.481 e. The van der Waals surface area contributed by atoms with Crippen LogP contribution in [0.5, 0.6) is 0 Å². The Balaban J connectivity index is 2.12. The molecule has 4 atom stereocenters. The van der Waals surface area contributed by atoms with Crippen LogP contribution in [0, 0.1) is 0 Å². The number of aliphatic imine (C=N–C) groups is 1. The van der Waals surface area contributed by atoms with E-state index in [1.807, 2.05) is 24.3 Å². The fourth-order valence-electron chi connectivity index (χ4n) is 4.36. The van der Waals surface area contributed by atoms with Crippen LogP contribution in [-0.2, 0) is 30.4 Å². The highest BCUT2D eigenvalue weighted by Crippen LogP contribution is 2.19. The van der Waals surface area contributed by atoms with Crippen molar-refractivity contribution in [3.05, 3.63) is 36.0 Å². The number of carbonyl (C=O) groups is 5. The molecular weight excluding hydrogens is 562 g/mol. The first-order valence-corrected chi connectivity index (χ1v) is 13.8. The highest BCUT2D eigenvalue weighted by atomic mass is 16.4. The molecule has 0 aliphatic heterocycles. The van der Waals surface area contributed by atoms with E-state index in [0.29, 0.717) is 19.4 Å². The smallest absolute Gasteiger partial charge is 0.326 e. The first-order chi connectivity index (χ1) is 20.4. The lowest BCUT2D eigenvalue weighted by Gasteiger charge is -2.24. The van der Waals surface area contributed by atoms with Gasteiger partial charge >= 0.3 is 11.9 Å². The summed E-state index contributed by atoms with van der Waals surface area (Å²) in [5.41, 5.74) is 23.9. The third-order valence-corrected chi connectivity index (χ3v) is 6.60. The Hall–Kier alpha value is -4.70. The maximum atomic E-state index is 13.2. The fourth-order valence-corrected chi connectivity index (χ4v) is 4.36. The van der Waals surface area contributed by atoms with Crippen LogP contribution in [0.1, 0.15) is 44.1 Å². The quantitative estimate of drug-likeness (QED) is 0.0487. The summed E-state index contributed by atoms with van der Waals surface area (Å²) in [7, 11) is 0. The van der Waals surface area contributed by atoms with Crippen molar-refractivity contribution in [3.8, 4) is 0 Å². The van der Waals surface area contributed by atoms with Crippen LogP contribution in [0.3, 0.4) is 0 Å². The van der Waals surface area contributed by atoms with Crippen LogP contribution >= 0.6 is 0 Å². The molecule has 0 fully saturated rings.